The predicted octanol–water partition coefficient (Wildman–Crippen LogP) is 0.935. The summed E-state index contributed by atoms with van der Waals surface area (Å²) in [6, 6.07) is 0. The van der Waals surface area contributed by atoms with Crippen LogP contribution in [0.25, 0.3) is 0 Å². The lowest BCUT2D eigenvalue weighted by atomic mass is 10.3. The summed E-state index contributed by atoms with van der Waals surface area (Å²) in [4.78, 5) is 0. The minimum Gasteiger partial charge on any atom is -0.505 e. The second-order valence-electron chi connectivity index (χ2n) is 1.80. The number of hydrogen-bond donors (Lipinski definition) is 0. The van der Waals surface area contributed by atoms with Gasteiger partial charge in [-0.2, -0.15) is 0 Å². The molecular formula is C6H10O2. The second kappa shape index (κ2) is 2.72. The molecule has 8 heavy (non-hydrogen) atoms. The number of ether oxygens (including phenoxy) is 2. The molecule has 1 rings (SSSR count). The Morgan fingerprint density at radius 3 is 3.12 bits per heavy atom. The highest BCUT2D eigenvalue weighted by Crippen LogP contribution is 2.13. The highest BCUT2D eigenvalue weighted by molar-refractivity contribution is 4.82. The van der Waals surface area contributed by atoms with Crippen LogP contribution in [0.15, 0.2) is 12.3 Å². The van der Waals surface area contributed by atoms with Gasteiger partial charge in [0.1, 0.15) is 0 Å². The summed E-state index contributed by atoms with van der Waals surface area (Å²) in [7, 11) is 1.64. The van der Waals surface area contributed by atoms with Crippen LogP contribution < -0.4 is 0 Å². The van der Waals surface area contributed by atoms with Crippen molar-refractivity contribution in [3.63, 3.8) is 0 Å². The Labute approximate surface area is 49.1 Å². The van der Waals surface area contributed by atoms with E-state index >= 15 is 0 Å². The first-order valence-electron chi connectivity index (χ1n) is 2.73. The van der Waals surface area contributed by atoms with Crippen molar-refractivity contribution in [2.75, 3.05) is 13.7 Å². The molecule has 2 nitrogen and oxygen atoms in total. The first-order valence-corrected chi connectivity index (χ1v) is 2.73. The van der Waals surface area contributed by atoms with Gasteiger partial charge >= 0.3 is 0 Å². The molecule has 0 amide bonds. The van der Waals surface area contributed by atoms with Crippen molar-refractivity contribution < 1.29 is 9.47 Å². The fourth-order valence-electron chi connectivity index (χ4n) is 0.508. The van der Waals surface area contributed by atoms with Gasteiger partial charge in [0.25, 0.3) is 0 Å². The third-order valence-electron chi connectivity index (χ3n) is 1.03. The maximum Gasteiger partial charge on any atom is 0.0845 e. The van der Waals surface area contributed by atoms with E-state index < -0.39 is 0 Å². The fraction of sp³-hybridized carbons (Fsp3) is 0.667. The van der Waals surface area contributed by atoms with Gasteiger partial charge < -0.3 is 9.47 Å². The zero-order valence-corrected chi connectivity index (χ0v) is 4.96. The highest BCUT2D eigenvalue weighted by Gasteiger charge is 2.19. The third kappa shape index (κ3) is 1.98. The van der Waals surface area contributed by atoms with Gasteiger partial charge in [0.15, 0.2) is 0 Å². The molecular weight excluding hydrogens is 104 g/mol. The molecule has 1 aliphatic rings. The van der Waals surface area contributed by atoms with E-state index in [2.05, 4.69) is 4.74 Å². The van der Waals surface area contributed by atoms with Crippen LogP contribution in [-0.2, 0) is 9.47 Å². The molecule has 0 bridgehead atoms. The molecule has 0 aromatic rings. The maximum atomic E-state index is 4.95. The molecule has 1 fully saturated rings. The molecule has 0 aliphatic carbocycles. The van der Waals surface area contributed by atoms with Crippen LogP contribution >= 0.6 is 0 Å². The molecule has 0 spiro atoms. The van der Waals surface area contributed by atoms with Crippen molar-refractivity contribution in [3.05, 3.63) is 12.3 Å². The smallest absolute Gasteiger partial charge is 0.0845 e. The minimum atomic E-state index is 0.487. The van der Waals surface area contributed by atoms with Crippen LogP contribution in [0.5, 0.6) is 0 Å². The Balaban J connectivity index is 1.93. The number of methoxy groups -OCH3 is 1. The van der Waals surface area contributed by atoms with Crippen molar-refractivity contribution in [3.8, 4) is 0 Å². The van der Waals surface area contributed by atoms with Gasteiger partial charge in [-0.25, -0.2) is 0 Å². The van der Waals surface area contributed by atoms with Crippen LogP contribution in [0, 0.1) is 0 Å². The normalized spacial score (nSPS) is 26.4. The summed E-state index contributed by atoms with van der Waals surface area (Å²) >= 11 is 0. The van der Waals surface area contributed by atoms with Gasteiger partial charge in [-0.05, 0) is 12.5 Å². The second-order valence-corrected chi connectivity index (χ2v) is 1.80. The lowest BCUT2D eigenvalue weighted by Crippen LogP contribution is -1.78. The summed E-state index contributed by atoms with van der Waals surface area (Å²) in [6.45, 7) is 0.925. The van der Waals surface area contributed by atoms with E-state index in [1.807, 2.05) is 6.08 Å². The van der Waals surface area contributed by atoms with Crippen molar-refractivity contribution in [2.24, 2.45) is 0 Å². The maximum absolute atomic E-state index is 4.95. The predicted molar refractivity (Wildman–Crippen MR) is 30.5 cm³/mol. The molecule has 0 aromatic heterocycles. The highest BCUT2D eigenvalue weighted by atomic mass is 16.6. The Kier molecular flexibility index (Phi) is 1.92. The number of epoxide rings is 1. The molecule has 1 heterocycles. The van der Waals surface area contributed by atoms with Gasteiger partial charge in [0.2, 0.25) is 0 Å². The molecule has 0 saturated carbocycles. The minimum absolute atomic E-state index is 0.487. The van der Waals surface area contributed by atoms with Gasteiger partial charge in [0, 0.05) is 0 Å². The number of rotatable bonds is 3. The van der Waals surface area contributed by atoms with Crippen LogP contribution in [0.1, 0.15) is 6.42 Å². The molecule has 1 atom stereocenters. The van der Waals surface area contributed by atoms with E-state index in [9.17, 15) is 0 Å². The van der Waals surface area contributed by atoms with Gasteiger partial charge in [-0.1, -0.05) is 0 Å². The zero-order valence-electron chi connectivity index (χ0n) is 4.96. The Hall–Kier alpha value is -0.500. The van der Waals surface area contributed by atoms with Crippen LogP contribution in [0.2, 0.25) is 0 Å². The summed E-state index contributed by atoms with van der Waals surface area (Å²) in [5.74, 6) is 0. The lowest BCUT2D eigenvalue weighted by molar-refractivity contribution is 0.334. The monoisotopic (exact) mass is 114 g/mol. The van der Waals surface area contributed by atoms with E-state index in [1.54, 1.807) is 13.4 Å². The summed E-state index contributed by atoms with van der Waals surface area (Å²) in [5.41, 5.74) is 0. The molecule has 1 aliphatic heterocycles. The molecule has 2 heteroatoms. The van der Waals surface area contributed by atoms with Crippen molar-refractivity contribution in [1.29, 1.82) is 0 Å². The van der Waals surface area contributed by atoms with Crippen LogP contribution in [-0.4, -0.2) is 19.8 Å². The van der Waals surface area contributed by atoms with Gasteiger partial charge in [-0.3, -0.25) is 0 Å². The van der Waals surface area contributed by atoms with Crippen molar-refractivity contribution in [1.82, 2.24) is 0 Å². The molecule has 46 valence electrons. The molecule has 1 saturated heterocycles. The van der Waals surface area contributed by atoms with E-state index in [-0.39, 0.29) is 0 Å². The third-order valence-corrected chi connectivity index (χ3v) is 1.03. The summed E-state index contributed by atoms with van der Waals surface area (Å²) in [5, 5.41) is 0. The number of hydrogen-bond acceptors (Lipinski definition) is 2. The van der Waals surface area contributed by atoms with Crippen LogP contribution in [0.3, 0.4) is 0 Å². The first-order chi connectivity index (χ1) is 3.93. The fourth-order valence-corrected chi connectivity index (χ4v) is 0.508. The Morgan fingerprint density at radius 2 is 2.62 bits per heavy atom. The van der Waals surface area contributed by atoms with Crippen LogP contribution in [0.4, 0.5) is 0 Å². The molecule has 0 N–H and O–H groups in total. The Bertz CT molecular complexity index is 84.5. The van der Waals surface area contributed by atoms with E-state index in [0.29, 0.717) is 6.10 Å². The molecule has 0 aromatic carbocycles. The van der Waals surface area contributed by atoms with Gasteiger partial charge in [-0.15, -0.1) is 0 Å². The SMILES string of the molecule is COC=CCC1CO1. The summed E-state index contributed by atoms with van der Waals surface area (Å²) in [6.07, 6.45) is 5.13. The topological polar surface area (TPSA) is 21.8 Å². The Morgan fingerprint density at radius 1 is 1.88 bits per heavy atom. The van der Waals surface area contributed by atoms with E-state index in [1.165, 1.54) is 0 Å². The lowest BCUT2D eigenvalue weighted by Gasteiger charge is -1.83. The summed E-state index contributed by atoms with van der Waals surface area (Å²) < 4.78 is 9.63. The van der Waals surface area contributed by atoms with Crippen molar-refractivity contribution in [2.45, 2.75) is 12.5 Å². The quantitative estimate of drug-likeness (QED) is 0.402. The van der Waals surface area contributed by atoms with E-state index in [0.717, 1.165) is 13.0 Å². The molecule has 0 radical (unpaired) electrons. The largest absolute Gasteiger partial charge is 0.505 e. The van der Waals surface area contributed by atoms with Crippen molar-refractivity contribution >= 4 is 0 Å². The molecule has 1 unspecified atom stereocenters. The average Bonchev–Trinajstić information content (AvgIpc) is 2.51. The zero-order chi connectivity index (χ0) is 5.82. The standard InChI is InChI=1S/C6H10O2/c1-7-4-2-3-6-5-8-6/h2,4,6H,3,5H2,1H3. The van der Waals surface area contributed by atoms with E-state index in [4.69, 9.17) is 4.74 Å². The first kappa shape index (κ1) is 5.63. The average molecular weight is 114 g/mol. The van der Waals surface area contributed by atoms with Gasteiger partial charge in [0.05, 0.1) is 26.1 Å².